The number of para-hydroxylation sites is 1. The molecule has 1 atom stereocenters. The van der Waals surface area contributed by atoms with E-state index in [1.54, 1.807) is 0 Å². The number of benzene rings is 2. The summed E-state index contributed by atoms with van der Waals surface area (Å²) in [6, 6.07) is 16.8. The molecule has 2 heteroatoms. The molecule has 3 rings (SSSR count). The van der Waals surface area contributed by atoms with Crippen LogP contribution in [0, 0.1) is 0 Å². The smallest absolute Gasteiger partial charge is 0.127 e. The molecule has 2 nitrogen and oxygen atoms in total. The first-order valence-corrected chi connectivity index (χ1v) is 7.15. The molecule has 0 spiro atoms. The molecule has 0 fully saturated rings. The fourth-order valence-corrected chi connectivity index (χ4v) is 3.12. The lowest BCUT2D eigenvalue weighted by molar-refractivity contribution is 0.446. The van der Waals surface area contributed by atoms with E-state index < -0.39 is 0 Å². The zero-order valence-corrected chi connectivity index (χ0v) is 12.3. The van der Waals surface area contributed by atoms with Gasteiger partial charge in [0.1, 0.15) is 11.5 Å². The molecule has 104 valence electrons. The van der Waals surface area contributed by atoms with Gasteiger partial charge in [-0.1, -0.05) is 38.1 Å². The van der Waals surface area contributed by atoms with Crippen LogP contribution < -0.4 is 10.1 Å². The minimum atomic E-state index is 0.230. The van der Waals surface area contributed by atoms with Crippen LogP contribution in [0.5, 0.6) is 11.5 Å². The van der Waals surface area contributed by atoms with Gasteiger partial charge in [-0.05, 0) is 54.3 Å². The third kappa shape index (κ3) is 2.32. The highest BCUT2D eigenvalue weighted by Gasteiger charge is 2.36. The van der Waals surface area contributed by atoms with Crippen molar-refractivity contribution in [3.05, 3.63) is 59.7 Å². The van der Waals surface area contributed by atoms with E-state index in [-0.39, 0.29) is 5.41 Å². The molecule has 0 saturated carbocycles. The van der Waals surface area contributed by atoms with Crippen LogP contribution in [0.1, 0.15) is 37.4 Å². The van der Waals surface area contributed by atoms with E-state index in [1.165, 1.54) is 11.1 Å². The summed E-state index contributed by atoms with van der Waals surface area (Å²) in [5.41, 5.74) is 3.03. The minimum Gasteiger partial charge on any atom is -0.457 e. The molecule has 0 bridgehead atoms. The second kappa shape index (κ2) is 4.95. The Balaban J connectivity index is 1.93. The van der Waals surface area contributed by atoms with Gasteiger partial charge >= 0.3 is 0 Å². The summed E-state index contributed by atoms with van der Waals surface area (Å²) in [4.78, 5) is 0. The minimum absolute atomic E-state index is 0.230. The van der Waals surface area contributed by atoms with Crippen LogP contribution >= 0.6 is 0 Å². The molecule has 0 saturated heterocycles. The zero-order valence-electron chi connectivity index (χ0n) is 12.3. The zero-order chi connectivity index (χ0) is 14.2. The van der Waals surface area contributed by atoms with Crippen molar-refractivity contribution in [2.45, 2.75) is 31.7 Å². The van der Waals surface area contributed by atoms with E-state index in [1.807, 2.05) is 37.4 Å². The summed E-state index contributed by atoms with van der Waals surface area (Å²) in [5.74, 6) is 1.79. The average molecular weight is 267 g/mol. The SMILES string of the molecule is CNC1CC(C)(C)c2ccc(Oc3ccccc3)cc21. The van der Waals surface area contributed by atoms with Crippen LogP contribution in [0.3, 0.4) is 0 Å². The standard InChI is InChI=1S/C18H21NO/c1-18(2)12-17(19-3)15-11-14(9-10-16(15)18)20-13-7-5-4-6-8-13/h4-11,17,19H,12H2,1-3H3. The Hall–Kier alpha value is -1.80. The maximum atomic E-state index is 5.94. The number of rotatable bonds is 3. The molecular weight excluding hydrogens is 246 g/mol. The Morgan fingerprint density at radius 3 is 2.50 bits per heavy atom. The second-order valence-corrected chi connectivity index (χ2v) is 6.09. The normalized spacial score (nSPS) is 19.6. The largest absolute Gasteiger partial charge is 0.457 e. The Morgan fingerprint density at radius 1 is 1.05 bits per heavy atom. The Bertz CT molecular complexity index is 604. The molecule has 20 heavy (non-hydrogen) atoms. The van der Waals surface area contributed by atoms with Gasteiger partial charge in [-0.25, -0.2) is 0 Å². The lowest BCUT2D eigenvalue weighted by Gasteiger charge is -2.19. The second-order valence-electron chi connectivity index (χ2n) is 6.09. The third-order valence-electron chi connectivity index (χ3n) is 4.17. The van der Waals surface area contributed by atoms with Gasteiger partial charge in [0.25, 0.3) is 0 Å². The number of hydrogen-bond acceptors (Lipinski definition) is 2. The van der Waals surface area contributed by atoms with Gasteiger partial charge in [0.2, 0.25) is 0 Å². The van der Waals surface area contributed by atoms with Crippen molar-refractivity contribution in [3.63, 3.8) is 0 Å². The lowest BCUT2D eigenvalue weighted by Crippen LogP contribution is -2.17. The molecule has 1 aliphatic rings. The van der Waals surface area contributed by atoms with Gasteiger partial charge in [0.05, 0.1) is 0 Å². The van der Waals surface area contributed by atoms with Crippen molar-refractivity contribution in [2.75, 3.05) is 7.05 Å². The molecule has 0 radical (unpaired) electrons. The van der Waals surface area contributed by atoms with Crippen LogP contribution in [0.25, 0.3) is 0 Å². The average Bonchev–Trinajstić information content (AvgIpc) is 2.71. The van der Waals surface area contributed by atoms with Crippen molar-refractivity contribution < 1.29 is 4.74 Å². The van der Waals surface area contributed by atoms with Crippen molar-refractivity contribution in [2.24, 2.45) is 0 Å². The van der Waals surface area contributed by atoms with Gasteiger partial charge < -0.3 is 10.1 Å². The van der Waals surface area contributed by atoms with Crippen LogP contribution in [0.15, 0.2) is 48.5 Å². The molecule has 0 heterocycles. The third-order valence-corrected chi connectivity index (χ3v) is 4.17. The van der Waals surface area contributed by atoms with Crippen LogP contribution in [0.2, 0.25) is 0 Å². The maximum Gasteiger partial charge on any atom is 0.127 e. The first-order chi connectivity index (χ1) is 9.60. The molecule has 0 aliphatic heterocycles. The lowest BCUT2D eigenvalue weighted by atomic mass is 9.86. The Morgan fingerprint density at radius 2 is 1.80 bits per heavy atom. The maximum absolute atomic E-state index is 5.94. The summed E-state index contributed by atoms with van der Waals surface area (Å²) in [7, 11) is 2.03. The highest BCUT2D eigenvalue weighted by molar-refractivity contribution is 5.46. The van der Waals surface area contributed by atoms with Gasteiger partial charge in [0, 0.05) is 6.04 Å². The number of fused-ring (bicyclic) bond motifs is 1. The predicted octanol–water partition coefficient (Wildman–Crippen LogP) is 4.42. The molecule has 1 N–H and O–H groups in total. The molecule has 2 aromatic carbocycles. The molecule has 0 amide bonds. The summed E-state index contributed by atoms with van der Waals surface area (Å²) >= 11 is 0. The number of hydrogen-bond donors (Lipinski definition) is 1. The van der Waals surface area contributed by atoms with Crippen molar-refractivity contribution >= 4 is 0 Å². The predicted molar refractivity (Wildman–Crippen MR) is 82.4 cm³/mol. The highest BCUT2D eigenvalue weighted by atomic mass is 16.5. The van der Waals surface area contributed by atoms with Crippen LogP contribution in [0.4, 0.5) is 0 Å². The van der Waals surface area contributed by atoms with Crippen LogP contribution in [-0.2, 0) is 5.41 Å². The monoisotopic (exact) mass is 267 g/mol. The molecular formula is C18H21NO. The molecule has 1 aliphatic carbocycles. The molecule has 2 aromatic rings. The van der Waals surface area contributed by atoms with E-state index in [4.69, 9.17) is 4.74 Å². The first-order valence-electron chi connectivity index (χ1n) is 7.15. The molecule has 0 aromatic heterocycles. The summed E-state index contributed by atoms with van der Waals surface area (Å²) < 4.78 is 5.94. The summed E-state index contributed by atoms with van der Waals surface area (Å²) in [6.07, 6.45) is 1.13. The van der Waals surface area contributed by atoms with E-state index in [9.17, 15) is 0 Å². The fraction of sp³-hybridized carbons (Fsp3) is 0.333. The Labute approximate surface area is 120 Å². The van der Waals surface area contributed by atoms with E-state index in [0.717, 1.165) is 17.9 Å². The van der Waals surface area contributed by atoms with Crippen LogP contribution in [-0.4, -0.2) is 7.05 Å². The van der Waals surface area contributed by atoms with Crippen molar-refractivity contribution in [1.29, 1.82) is 0 Å². The van der Waals surface area contributed by atoms with Gasteiger partial charge in [0.15, 0.2) is 0 Å². The van der Waals surface area contributed by atoms with Gasteiger partial charge in [-0.15, -0.1) is 0 Å². The van der Waals surface area contributed by atoms with Crippen molar-refractivity contribution in [3.8, 4) is 11.5 Å². The van der Waals surface area contributed by atoms with E-state index in [2.05, 4.69) is 37.4 Å². The molecule has 1 unspecified atom stereocenters. The van der Waals surface area contributed by atoms with Gasteiger partial charge in [-0.3, -0.25) is 0 Å². The summed E-state index contributed by atoms with van der Waals surface area (Å²) in [6.45, 7) is 4.61. The quantitative estimate of drug-likeness (QED) is 0.888. The van der Waals surface area contributed by atoms with Gasteiger partial charge in [-0.2, -0.15) is 0 Å². The number of nitrogens with one attached hydrogen (secondary N) is 1. The number of ether oxygens (including phenoxy) is 1. The highest BCUT2D eigenvalue weighted by Crippen LogP contribution is 2.45. The van der Waals surface area contributed by atoms with E-state index >= 15 is 0 Å². The first kappa shape index (κ1) is 13.2. The Kier molecular flexibility index (Phi) is 3.27. The summed E-state index contributed by atoms with van der Waals surface area (Å²) in [5, 5.41) is 3.41. The van der Waals surface area contributed by atoms with E-state index in [0.29, 0.717) is 6.04 Å². The fourth-order valence-electron chi connectivity index (χ4n) is 3.12. The topological polar surface area (TPSA) is 21.3 Å². The van der Waals surface area contributed by atoms with Crippen molar-refractivity contribution in [1.82, 2.24) is 5.32 Å².